The molecule has 0 saturated carbocycles. The molecule has 4 aromatic carbocycles. The van der Waals surface area contributed by atoms with Gasteiger partial charge in [0.2, 0.25) is 0 Å². The molecule has 0 aliphatic rings. The molecule has 0 spiro atoms. The number of halogens is 4. The molecule has 0 aliphatic carbocycles. The summed E-state index contributed by atoms with van der Waals surface area (Å²) >= 11 is -1.65. The summed E-state index contributed by atoms with van der Waals surface area (Å²) < 4.78 is 0. The average molecular weight is 915 g/mol. The fraction of sp³-hybridized carbons (Fsp3) is 0.350. The second-order valence-electron chi connectivity index (χ2n) is 13.2. The average Bonchev–Trinajstić information content (AvgIpc) is 3.07. The first-order valence-electron chi connectivity index (χ1n) is 16.3. The van der Waals surface area contributed by atoms with E-state index in [4.69, 9.17) is 34.1 Å². The zero-order valence-corrected chi connectivity index (χ0v) is 38.5. The summed E-state index contributed by atoms with van der Waals surface area (Å²) in [6.07, 6.45) is 4.58. The number of hydrogen-bond acceptors (Lipinski definition) is 4. The number of hydrogen-bond donors (Lipinski definition) is 2. The number of benzene rings is 4. The predicted molar refractivity (Wildman–Crippen MR) is 212 cm³/mol. The van der Waals surface area contributed by atoms with E-state index in [1.54, 1.807) is 13.3 Å². The standard InChI is InChI=1S/C22H29NO.C18H21NO.4ClH.2Zr/c1-16(2)11-12-23-15-18-13-17(3)14-20(21(18)24)22(4,5)19-9-7-6-8-10-19;1-13-10-14(12-19-4)17(20)16(11-13)18(2,3)15-8-6-5-7-9-15;;;;;;/h6-10,13-16,24H,11-12H2,1-5H3;5-12,20H,1-4H3;4*1H;;/q;;;;;;2*+2/p-4. The second kappa shape index (κ2) is 24.1. The SMILES string of the molecule is CN=Cc1cc(C)cc(C(C)(C)c2ccccc2)c1O.Cc1cc(C=NCCC(C)C)c(O)c(C(C)(C)c2ccccc2)c1.[Cl][Zr][Cl].[Cl][Zr][Cl]. The van der Waals surface area contributed by atoms with E-state index in [0.29, 0.717) is 17.4 Å². The van der Waals surface area contributed by atoms with E-state index in [1.807, 2.05) is 61.7 Å². The van der Waals surface area contributed by atoms with Gasteiger partial charge in [-0.1, -0.05) is 114 Å². The van der Waals surface area contributed by atoms with Crippen LogP contribution in [0.5, 0.6) is 11.5 Å². The van der Waals surface area contributed by atoms with Crippen molar-refractivity contribution >= 4 is 46.5 Å². The number of nitrogens with zero attached hydrogens (tertiary/aromatic N) is 2. The van der Waals surface area contributed by atoms with Gasteiger partial charge in [-0.15, -0.1) is 0 Å². The van der Waals surface area contributed by atoms with Crippen LogP contribution in [0, 0.1) is 19.8 Å². The van der Waals surface area contributed by atoms with Crippen molar-refractivity contribution in [3.63, 3.8) is 0 Å². The quantitative estimate of drug-likeness (QED) is 0.164. The molecule has 0 fully saturated rings. The van der Waals surface area contributed by atoms with Crippen LogP contribution in [0.2, 0.25) is 0 Å². The molecule has 0 unspecified atom stereocenters. The van der Waals surface area contributed by atoms with Gasteiger partial charge in [-0.25, -0.2) is 0 Å². The first-order valence-corrected chi connectivity index (χ1v) is 28.9. The van der Waals surface area contributed by atoms with Crippen molar-refractivity contribution in [2.45, 2.75) is 72.6 Å². The van der Waals surface area contributed by atoms with Crippen LogP contribution in [0.25, 0.3) is 0 Å². The van der Waals surface area contributed by atoms with Crippen LogP contribution in [-0.2, 0) is 52.5 Å². The van der Waals surface area contributed by atoms with Gasteiger partial charge in [0.25, 0.3) is 0 Å². The zero-order valence-electron chi connectivity index (χ0n) is 30.5. The van der Waals surface area contributed by atoms with Crippen LogP contribution >= 0.6 is 34.1 Å². The van der Waals surface area contributed by atoms with E-state index >= 15 is 0 Å². The van der Waals surface area contributed by atoms with Gasteiger partial charge in [-0.3, -0.25) is 9.98 Å². The van der Waals surface area contributed by atoms with Crippen LogP contribution in [0.3, 0.4) is 0 Å². The molecule has 4 nitrogen and oxygen atoms in total. The van der Waals surface area contributed by atoms with Gasteiger partial charge in [0.1, 0.15) is 11.5 Å². The Balaban J connectivity index is 0.000000437. The minimum atomic E-state index is -0.826. The van der Waals surface area contributed by atoms with Crippen LogP contribution < -0.4 is 0 Å². The number of aliphatic imine (C=N–C) groups is 2. The zero-order chi connectivity index (χ0) is 37.9. The van der Waals surface area contributed by atoms with E-state index in [2.05, 4.69) is 94.8 Å². The topological polar surface area (TPSA) is 65.2 Å². The fourth-order valence-electron chi connectivity index (χ4n) is 5.42. The van der Waals surface area contributed by atoms with Gasteiger partial charge in [-0.2, -0.15) is 0 Å². The van der Waals surface area contributed by atoms with Crippen LogP contribution in [0.15, 0.2) is 94.9 Å². The third kappa shape index (κ3) is 15.0. The summed E-state index contributed by atoms with van der Waals surface area (Å²) in [7, 11) is 21.4. The molecular formula is C40H50Cl4N2O2Zr2. The van der Waals surface area contributed by atoms with Crippen molar-refractivity contribution in [1.82, 2.24) is 0 Å². The van der Waals surface area contributed by atoms with Crippen molar-refractivity contribution < 1.29 is 51.9 Å². The maximum atomic E-state index is 10.8. The summed E-state index contributed by atoms with van der Waals surface area (Å²) in [6, 6.07) is 28.6. The summed E-state index contributed by atoms with van der Waals surface area (Å²) in [5, 5.41) is 21.4. The summed E-state index contributed by atoms with van der Waals surface area (Å²) in [4.78, 5) is 8.51. The van der Waals surface area contributed by atoms with E-state index in [0.717, 1.165) is 46.3 Å². The summed E-state index contributed by atoms with van der Waals surface area (Å²) in [6.45, 7) is 17.8. The van der Waals surface area contributed by atoms with E-state index in [-0.39, 0.29) is 10.8 Å². The first kappa shape index (κ1) is 46.8. The number of aryl methyl sites for hydroxylation is 2. The molecule has 0 heterocycles. The molecular weight excluding hydrogens is 865 g/mol. The number of phenolic OH excluding ortho intramolecular Hbond substituents is 2. The van der Waals surface area contributed by atoms with Gasteiger partial charge in [0.15, 0.2) is 0 Å². The van der Waals surface area contributed by atoms with Gasteiger partial charge in [0.05, 0.1) is 0 Å². The van der Waals surface area contributed by atoms with Gasteiger partial charge in [0, 0.05) is 59.1 Å². The Morgan fingerprint density at radius 1 is 0.660 bits per heavy atom. The first-order chi connectivity index (χ1) is 23.6. The molecule has 0 aromatic heterocycles. The molecule has 0 radical (unpaired) electrons. The fourth-order valence-corrected chi connectivity index (χ4v) is 5.42. The molecule has 2 N–H and O–H groups in total. The molecule has 268 valence electrons. The van der Waals surface area contributed by atoms with Crippen LogP contribution in [0.4, 0.5) is 0 Å². The van der Waals surface area contributed by atoms with Crippen molar-refractivity contribution in [2.24, 2.45) is 15.9 Å². The van der Waals surface area contributed by atoms with Gasteiger partial charge in [-0.05, 0) is 60.6 Å². The Kier molecular flexibility index (Phi) is 22.6. The van der Waals surface area contributed by atoms with Gasteiger partial charge >= 0.3 is 75.7 Å². The second-order valence-corrected chi connectivity index (χ2v) is 20.7. The molecule has 0 atom stereocenters. The van der Waals surface area contributed by atoms with E-state index in [1.165, 1.54) is 11.1 Å². The van der Waals surface area contributed by atoms with Gasteiger partial charge < -0.3 is 10.2 Å². The van der Waals surface area contributed by atoms with Crippen molar-refractivity contribution in [1.29, 1.82) is 0 Å². The molecule has 50 heavy (non-hydrogen) atoms. The van der Waals surface area contributed by atoms with Crippen molar-refractivity contribution in [3.05, 3.63) is 129 Å². The normalized spacial score (nSPS) is 11.2. The maximum absolute atomic E-state index is 10.8. The minimum absolute atomic E-state index is 0.256. The molecule has 0 amide bonds. The number of aromatic hydroxyl groups is 2. The Morgan fingerprint density at radius 2 is 1.02 bits per heavy atom. The molecule has 4 aromatic rings. The van der Waals surface area contributed by atoms with Crippen LogP contribution in [-0.4, -0.2) is 36.2 Å². The van der Waals surface area contributed by atoms with E-state index in [9.17, 15) is 10.2 Å². The molecule has 10 heteroatoms. The number of rotatable bonds is 9. The molecule has 0 saturated heterocycles. The molecule has 0 bridgehead atoms. The molecule has 4 rings (SSSR count). The Morgan fingerprint density at radius 3 is 1.36 bits per heavy atom. The third-order valence-electron chi connectivity index (χ3n) is 8.24. The monoisotopic (exact) mass is 910 g/mol. The van der Waals surface area contributed by atoms with Crippen LogP contribution in [0.1, 0.15) is 92.5 Å². The van der Waals surface area contributed by atoms with Crippen molar-refractivity contribution in [2.75, 3.05) is 13.6 Å². The Hall–Kier alpha value is -1.25. The Bertz CT molecular complexity index is 1630. The summed E-state index contributed by atoms with van der Waals surface area (Å²) in [5.41, 5.74) is 7.55. The third-order valence-corrected chi connectivity index (χ3v) is 8.24. The summed E-state index contributed by atoms with van der Waals surface area (Å²) in [5.74, 6) is 1.29. The Labute approximate surface area is 338 Å². The number of phenols is 2. The predicted octanol–water partition coefficient (Wildman–Crippen LogP) is 12.3. The molecule has 0 aliphatic heterocycles. The van der Waals surface area contributed by atoms with E-state index < -0.39 is 41.7 Å². The van der Waals surface area contributed by atoms with Crippen molar-refractivity contribution in [3.8, 4) is 11.5 Å².